The highest BCUT2D eigenvalue weighted by Gasteiger charge is 2.34. The molecule has 1 aromatic carbocycles. The SMILES string of the molecule is Cc1cccc(F)c1.Cc1ncc(F)c(-c2cc(C3CCCCC3)c(=O)n(Cc3ncccc3C(F)(F)F)n2)n1. The molecule has 1 saturated carbocycles. The van der Waals surface area contributed by atoms with Crippen LogP contribution in [0.5, 0.6) is 0 Å². The van der Waals surface area contributed by atoms with Gasteiger partial charge in [0.05, 0.1) is 24.0 Å². The van der Waals surface area contributed by atoms with Crippen molar-refractivity contribution in [3.63, 3.8) is 0 Å². The molecule has 1 aliphatic carbocycles. The Morgan fingerprint density at radius 2 is 1.73 bits per heavy atom. The average Bonchev–Trinajstić information content (AvgIpc) is 2.92. The number of hydrogen-bond donors (Lipinski definition) is 0. The first kappa shape index (κ1) is 29.0. The van der Waals surface area contributed by atoms with E-state index in [4.69, 9.17) is 0 Å². The monoisotopic (exact) mass is 557 g/mol. The van der Waals surface area contributed by atoms with Gasteiger partial charge < -0.3 is 0 Å². The molecule has 1 aliphatic rings. The summed E-state index contributed by atoms with van der Waals surface area (Å²) < 4.78 is 67.9. The summed E-state index contributed by atoms with van der Waals surface area (Å²) in [4.78, 5) is 25.0. The van der Waals surface area contributed by atoms with Crippen molar-refractivity contribution in [3.05, 3.63) is 105 Å². The van der Waals surface area contributed by atoms with Crippen LogP contribution < -0.4 is 5.56 Å². The number of aromatic nitrogens is 5. The summed E-state index contributed by atoms with van der Waals surface area (Å²) in [7, 11) is 0. The number of rotatable bonds is 4. The van der Waals surface area contributed by atoms with Crippen molar-refractivity contribution in [3.8, 4) is 11.4 Å². The smallest absolute Gasteiger partial charge is 0.267 e. The fourth-order valence-corrected chi connectivity index (χ4v) is 4.70. The van der Waals surface area contributed by atoms with E-state index in [1.807, 2.05) is 13.0 Å². The zero-order chi connectivity index (χ0) is 28.9. The molecule has 0 atom stereocenters. The van der Waals surface area contributed by atoms with Crippen LogP contribution in [0, 0.1) is 25.5 Å². The van der Waals surface area contributed by atoms with Gasteiger partial charge in [-0.3, -0.25) is 9.78 Å². The van der Waals surface area contributed by atoms with Crippen LogP contribution in [0.2, 0.25) is 0 Å². The Bertz CT molecular complexity index is 1510. The molecular formula is C29H28F5N5O. The Morgan fingerprint density at radius 3 is 2.38 bits per heavy atom. The number of nitrogens with zero attached hydrogens (tertiary/aromatic N) is 5. The summed E-state index contributed by atoms with van der Waals surface area (Å²) >= 11 is 0. The van der Waals surface area contributed by atoms with Gasteiger partial charge in [0.15, 0.2) is 5.82 Å². The Kier molecular flexibility index (Phi) is 9.01. The van der Waals surface area contributed by atoms with E-state index in [1.165, 1.54) is 30.5 Å². The lowest BCUT2D eigenvalue weighted by molar-refractivity contribution is -0.138. The maximum Gasteiger partial charge on any atom is 0.418 e. The van der Waals surface area contributed by atoms with Gasteiger partial charge in [-0.1, -0.05) is 31.4 Å². The molecule has 0 radical (unpaired) electrons. The fraction of sp³-hybridized carbons (Fsp3) is 0.345. The summed E-state index contributed by atoms with van der Waals surface area (Å²) in [6, 6.07) is 10.1. The first-order chi connectivity index (χ1) is 19.0. The van der Waals surface area contributed by atoms with E-state index < -0.39 is 29.7 Å². The Hall–Kier alpha value is -4.02. The van der Waals surface area contributed by atoms with Crippen molar-refractivity contribution in [2.75, 3.05) is 0 Å². The normalized spacial score (nSPS) is 14.0. The zero-order valence-corrected chi connectivity index (χ0v) is 22.1. The molecule has 0 bridgehead atoms. The van der Waals surface area contributed by atoms with Gasteiger partial charge in [0.2, 0.25) is 0 Å². The highest BCUT2D eigenvalue weighted by molar-refractivity contribution is 5.55. The summed E-state index contributed by atoms with van der Waals surface area (Å²) in [6.07, 6.45) is 2.12. The molecular weight excluding hydrogens is 529 g/mol. The summed E-state index contributed by atoms with van der Waals surface area (Å²) in [5, 5.41) is 4.18. The summed E-state index contributed by atoms with van der Waals surface area (Å²) in [5.74, 6) is -0.646. The molecule has 11 heteroatoms. The van der Waals surface area contributed by atoms with Gasteiger partial charge >= 0.3 is 6.18 Å². The standard InChI is InChI=1S/C22H21F4N5O.C7H7F/c1-13-28-11-17(23)20(29-13)18-10-15(14-6-3-2-4-7-14)21(32)31(30-18)12-19-16(22(24,25)26)8-5-9-27-19;1-6-3-2-4-7(8)5-6/h5,8-11,14H,2-4,6-7,12H2,1H3;2-5H,1H3. The summed E-state index contributed by atoms with van der Waals surface area (Å²) in [6.45, 7) is 2.96. The van der Waals surface area contributed by atoms with Crippen molar-refractivity contribution < 1.29 is 22.0 Å². The molecule has 0 amide bonds. The molecule has 4 aromatic rings. The molecule has 3 aromatic heterocycles. The lowest BCUT2D eigenvalue weighted by Crippen LogP contribution is -2.30. The second-order valence-electron chi connectivity index (χ2n) is 9.69. The number of halogens is 5. The van der Waals surface area contributed by atoms with Gasteiger partial charge in [-0.2, -0.15) is 18.3 Å². The van der Waals surface area contributed by atoms with Gasteiger partial charge in [-0.25, -0.2) is 23.4 Å². The van der Waals surface area contributed by atoms with E-state index in [0.717, 1.165) is 54.6 Å². The molecule has 1 fully saturated rings. The van der Waals surface area contributed by atoms with Crippen LogP contribution in [0.3, 0.4) is 0 Å². The Morgan fingerprint density at radius 1 is 0.975 bits per heavy atom. The predicted octanol–water partition coefficient (Wildman–Crippen LogP) is 6.79. The van der Waals surface area contributed by atoms with E-state index in [2.05, 4.69) is 20.1 Å². The molecule has 0 saturated heterocycles. The third kappa shape index (κ3) is 7.13. The van der Waals surface area contributed by atoms with Crippen LogP contribution in [-0.2, 0) is 12.7 Å². The lowest BCUT2D eigenvalue weighted by atomic mass is 9.84. The Labute approximate surface area is 228 Å². The second kappa shape index (κ2) is 12.4. The minimum Gasteiger partial charge on any atom is -0.267 e. The van der Waals surface area contributed by atoms with Crippen LogP contribution in [-0.4, -0.2) is 24.7 Å². The number of pyridine rings is 1. The van der Waals surface area contributed by atoms with Gasteiger partial charge in [0, 0.05) is 11.8 Å². The van der Waals surface area contributed by atoms with Crippen LogP contribution >= 0.6 is 0 Å². The first-order valence-corrected chi connectivity index (χ1v) is 12.9. The summed E-state index contributed by atoms with van der Waals surface area (Å²) in [5.41, 5.74) is -0.411. The van der Waals surface area contributed by atoms with Gasteiger partial charge in [0.1, 0.15) is 23.0 Å². The molecule has 0 aliphatic heterocycles. The van der Waals surface area contributed by atoms with Crippen LogP contribution in [0.15, 0.2) is 59.7 Å². The topological polar surface area (TPSA) is 73.6 Å². The number of aryl methyl sites for hydroxylation is 2. The van der Waals surface area contributed by atoms with E-state index in [9.17, 15) is 26.7 Å². The highest BCUT2D eigenvalue weighted by atomic mass is 19.4. The molecule has 0 spiro atoms. The maximum atomic E-state index is 14.5. The molecule has 40 heavy (non-hydrogen) atoms. The third-order valence-electron chi connectivity index (χ3n) is 6.63. The van der Waals surface area contributed by atoms with Gasteiger partial charge in [0.25, 0.3) is 5.56 Å². The van der Waals surface area contributed by atoms with Crippen molar-refractivity contribution in [2.24, 2.45) is 0 Å². The molecule has 0 unspecified atom stereocenters. The average molecular weight is 558 g/mol. The molecule has 6 nitrogen and oxygen atoms in total. The van der Waals surface area contributed by atoms with Crippen molar-refractivity contribution >= 4 is 0 Å². The molecule has 3 heterocycles. The molecule has 0 N–H and O–H groups in total. The minimum atomic E-state index is -4.63. The van der Waals surface area contributed by atoms with Crippen LogP contribution in [0.25, 0.3) is 11.4 Å². The number of benzene rings is 1. The van der Waals surface area contributed by atoms with Crippen LogP contribution in [0.4, 0.5) is 22.0 Å². The minimum absolute atomic E-state index is 0.0685. The maximum absolute atomic E-state index is 14.5. The Balaban J connectivity index is 0.000000398. The predicted molar refractivity (Wildman–Crippen MR) is 140 cm³/mol. The fourth-order valence-electron chi connectivity index (χ4n) is 4.70. The van der Waals surface area contributed by atoms with Crippen molar-refractivity contribution in [1.82, 2.24) is 24.7 Å². The molecule has 5 rings (SSSR count). The first-order valence-electron chi connectivity index (χ1n) is 12.9. The third-order valence-corrected chi connectivity index (χ3v) is 6.63. The van der Waals surface area contributed by atoms with E-state index in [0.29, 0.717) is 11.4 Å². The van der Waals surface area contributed by atoms with Crippen molar-refractivity contribution in [1.29, 1.82) is 0 Å². The van der Waals surface area contributed by atoms with Crippen molar-refractivity contribution in [2.45, 2.75) is 64.6 Å². The van der Waals surface area contributed by atoms with Crippen LogP contribution in [0.1, 0.15) is 66.2 Å². The van der Waals surface area contributed by atoms with Gasteiger partial charge in [-0.15, -0.1) is 0 Å². The molecule has 210 valence electrons. The van der Waals surface area contributed by atoms with E-state index >= 15 is 0 Å². The second-order valence-corrected chi connectivity index (χ2v) is 9.69. The number of hydrogen-bond acceptors (Lipinski definition) is 5. The van der Waals surface area contributed by atoms with E-state index in [1.54, 1.807) is 13.0 Å². The van der Waals surface area contributed by atoms with E-state index in [-0.39, 0.29) is 28.8 Å². The lowest BCUT2D eigenvalue weighted by Gasteiger charge is -2.22. The highest BCUT2D eigenvalue weighted by Crippen LogP contribution is 2.33. The van der Waals surface area contributed by atoms with Gasteiger partial charge in [-0.05, 0) is 68.5 Å². The quantitative estimate of drug-likeness (QED) is 0.258. The number of alkyl halides is 3. The largest absolute Gasteiger partial charge is 0.418 e. The zero-order valence-electron chi connectivity index (χ0n) is 22.1.